The van der Waals surface area contributed by atoms with Crippen molar-refractivity contribution in [2.45, 2.75) is 39.2 Å². The van der Waals surface area contributed by atoms with Crippen LogP contribution in [0.15, 0.2) is 30.3 Å². The number of hydrogen-bond acceptors (Lipinski definition) is 5. The lowest BCUT2D eigenvalue weighted by atomic mass is 10.0. The normalized spacial score (nSPS) is 15.4. The first kappa shape index (κ1) is 20.0. The molecule has 1 aliphatic heterocycles. The summed E-state index contributed by atoms with van der Waals surface area (Å²) in [5, 5.41) is 14.7. The Balaban J connectivity index is 1.51. The number of piperidine rings is 1. The Hall–Kier alpha value is -2.74. The minimum absolute atomic E-state index is 0.0671. The summed E-state index contributed by atoms with van der Waals surface area (Å²) in [6, 6.07) is 9.62. The molecular weight excluding hydrogens is 356 g/mol. The topological polar surface area (TPSA) is 92.2 Å². The van der Waals surface area contributed by atoms with Crippen molar-refractivity contribution in [1.29, 1.82) is 0 Å². The van der Waals surface area contributed by atoms with Gasteiger partial charge in [-0.3, -0.25) is 14.5 Å². The molecule has 0 atom stereocenters. The second-order valence-corrected chi connectivity index (χ2v) is 7.13. The molecule has 1 aromatic carbocycles. The minimum atomic E-state index is -0.196. The third kappa shape index (κ3) is 5.16. The molecule has 0 aliphatic carbocycles. The van der Waals surface area contributed by atoms with E-state index in [1.165, 1.54) is 4.80 Å². The van der Waals surface area contributed by atoms with Gasteiger partial charge in [-0.15, -0.1) is 5.10 Å². The van der Waals surface area contributed by atoms with Crippen molar-refractivity contribution in [2.75, 3.05) is 26.2 Å². The van der Waals surface area contributed by atoms with Crippen molar-refractivity contribution in [2.24, 2.45) is 0 Å². The van der Waals surface area contributed by atoms with Crippen molar-refractivity contribution in [3.05, 3.63) is 41.7 Å². The smallest absolute Gasteiger partial charge is 0.273 e. The zero-order valence-electron chi connectivity index (χ0n) is 16.5. The lowest BCUT2D eigenvalue weighted by Gasteiger charge is -2.31. The van der Waals surface area contributed by atoms with E-state index >= 15 is 0 Å². The summed E-state index contributed by atoms with van der Waals surface area (Å²) < 4.78 is 0. The van der Waals surface area contributed by atoms with Crippen molar-refractivity contribution in [1.82, 2.24) is 30.5 Å². The Morgan fingerprint density at radius 3 is 2.54 bits per heavy atom. The number of carbonyl (C=O) groups is 2. The zero-order valence-corrected chi connectivity index (χ0v) is 16.5. The molecule has 1 aliphatic rings. The largest absolute Gasteiger partial charge is 0.355 e. The number of nitrogens with one attached hydrogen (secondary N) is 2. The summed E-state index contributed by atoms with van der Waals surface area (Å²) in [7, 11) is 0. The molecule has 150 valence electrons. The van der Waals surface area contributed by atoms with E-state index in [1.807, 2.05) is 37.3 Å². The lowest BCUT2D eigenvalue weighted by molar-refractivity contribution is -0.122. The van der Waals surface area contributed by atoms with E-state index in [-0.39, 0.29) is 17.9 Å². The zero-order chi connectivity index (χ0) is 19.9. The molecule has 8 nitrogen and oxygen atoms in total. The first-order valence-corrected chi connectivity index (χ1v) is 9.86. The minimum Gasteiger partial charge on any atom is -0.355 e. The van der Waals surface area contributed by atoms with Gasteiger partial charge in [0.2, 0.25) is 5.91 Å². The fourth-order valence-electron chi connectivity index (χ4n) is 3.28. The SMILES string of the molecule is CCCNC(=O)CN1CCC(NC(=O)c2nn(-c3ccccc3)nc2C)CC1. The van der Waals surface area contributed by atoms with Gasteiger partial charge in [0.15, 0.2) is 5.69 Å². The van der Waals surface area contributed by atoms with Gasteiger partial charge in [-0.1, -0.05) is 25.1 Å². The Bertz CT molecular complexity index is 796. The van der Waals surface area contributed by atoms with Crippen molar-refractivity contribution in [3.8, 4) is 5.69 Å². The molecule has 1 saturated heterocycles. The van der Waals surface area contributed by atoms with Crippen LogP contribution in [0.25, 0.3) is 5.69 Å². The highest BCUT2D eigenvalue weighted by Crippen LogP contribution is 2.12. The van der Waals surface area contributed by atoms with Crippen molar-refractivity contribution >= 4 is 11.8 Å². The van der Waals surface area contributed by atoms with Crippen LogP contribution in [0, 0.1) is 6.92 Å². The molecule has 0 radical (unpaired) electrons. The summed E-state index contributed by atoms with van der Waals surface area (Å²) in [5.41, 5.74) is 1.77. The molecular formula is C20H28N6O2. The van der Waals surface area contributed by atoms with Crippen molar-refractivity contribution < 1.29 is 9.59 Å². The number of carbonyl (C=O) groups excluding carboxylic acids is 2. The van der Waals surface area contributed by atoms with Gasteiger partial charge in [0, 0.05) is 25.7 Å². The molecule has 1 aromatic heterocycles. The van der Waals surface area contributed by atoms with Gasteiger partial charge >= 0.3 is 0 Å². The highest BCUT2D eigenvalue weighted by atomic mass is 16.2. The number of aromatic nitrogens is 3. The van der Waals surface area contributed by atoms with E-state index in [1.54, 1.807) is 6.92 Å². The molecule has 2 heterocycles. The van der Waals surface area contributed by atoms with E-state index in [0.717, 1.165) is 38.0 Å². The number of para-hydroxylation sites is 1. The maximum absolute atomic E-state index is 12.7. The highest BCUT2D eigenvalue weighted by molar-refractivity contribution is 5.93. The number of amides is 2. The van der Waals surface area contributed by atoms with Gasteiger partial charge < -0.3 is 10.6 Å². The number of rotatable bonds is 7. The maximum Gasteiger partial charge on any atom is 0.273 e. The average Bonchev–Trinajstić information content (AvgIpc) is 3.10. The van der Waals surface area contributed by atoms with Gasteiger partial charge in [-0.2, -0.15) is 9.90 Å². The molecule has 3 rings (SSSR count). The van der Waals surface area contributed by atoms with Crippen LogP contribution in [-0.2, 0) is 4.79 Å². The fourth-order valence-corrected chi connectivity index (χ4v) is 3.28. The highest BCUT2D eigenvalue weighted by Gasteiger charge is 2.24. The third-order valence-electron chi connectivity index (χ3n) is 4.85. The number of likely N-dealkylation sites (tertiary alicyclic amines) is 1. The van der Waals surface area contributed by atoms with Crippen LogP contribution < -0.4 is 10.6 Å². The van der Waals surface area contributed by atoms with Crippen LogP contribution >= 0.6 is 0 Å². The first-order chi connectivity index (χ1) is 13.6. The van der Waals surface area contributed by atoms with E-state index < -0.39 is 0 Å². The Labute approximate surface area is 165 Å². The van der Waals surface area contributed by atoms with Crippen LogP contribution in [-0.4, -0.2) is 63.9 Å². The van der Waals surface area contributed by atoms with Gasteiger partial charge in [0.25, 0.3) is 5.91 Å². The molecule has 8 heteroatoms. The van der Waals surface area contributed by atoms with Crippen LogP contribution in [0.1, 0.15) is 42.4 Å². The Kier molecular flexibility index (Phi) is 6.76. The lowest BCUT2D eigenvalue weighted by Crippen LogP contribution is -2.47. The number of aryl methyl sites for hydroxylation is 1. The standard InChI is InChI=1S/C20H28N6O2/c1-3-11-21-18(27)14-25-12-9-16(10-13-25)22-20(28)19-15(2)23-26(24-19)17-7-5-4-6-8-17/h4-8,16H,3,9-14H2,1-2H3,(H,21,27)(H,22,28). The summed E-state index contributed by atoms with van der Waals surface area (Å²) in [6.07, 6.45) is 2.57. The van der Waals surface area contributed by atoms with E-state index in [0.29, 0.717) is 24.5 Å². The first-order valence-electron chi connectivity index (χ1n) is 9.86. The van der Waals surface area contributed by atoms with Crippen LogP contribution in [0.3, 0.4) is 0 Å². The molecule has 2 N–H and O–H groups in total. The molecule has 0 bridgehead atoms. The predicted molar refractivity (Wildman–Crippen MR) is 106 cm³/mol. The molecule has 0 spiro atoms. The second-order valence-electron chi connectivity index (χ2n) is 7.13. The van der Waals surface area contributed by atoms with Gasteiger partial charge in [0.1, 0.15) is 0 Å². The monoisotopic (exact) mass is 384 g/mol. The molecule has 28 heavy (non-hydrogen) atoms. The van der Waals surface area contributed by atoms with Gasteiger partial charge in [0.05, 0.1) is 17.9 Å². The third-order valence-corrected chi connectivity index (χ3v) is 4.85. The van der Waals surface area contributed by atoms with Crippen LogP contribution in [0.4, 0.5) is 0 Å². The maximum atomic E-state index is 12.7. The molecule has 0 unspecified atom stereocenters. The van der Waals surface area contributed by atoms with E-state index in [4.69, 9.17) is 0 Å². The number of hydrogen-bond donors (Lipinski definition) is 2. The van der Waals surface area contributed by atoms with Crippen molar-refractivity contribution in [3.63, 3.8) is 0 Å². The van der Waals surface area contributed by atoms with Crippen LogP contribution in [0.2, 0.25) is 0 Å². The van der Waals surface area contributed by atoms with E-state index in [9.17, 15) is 9.59 Å². The van der Waals surface area contributed by atoms with Gasteiger partial charge in [-0.25, -0.2) is 0 Å². The Morgan fingerprint density at radius 1 is 1.14 bits per heavy atom. The molecule has 2 amide bonds. The predicted octanol–water partition coefficient (Wildman–Crippen LogP) is 1.30. The number of nitrogens with zero attached hydrogens (tertiary/aromatic N) is 4. The number of benzene rings is 1. The second kappa shape index (κ2) is 9.45. The summed E-state index contributed by atoms with van der Waals surface area (Å²) in [4.78, 5) is 28.1. The molecule has 2 aromatic rings. The quantitative estimate of drug-likeness (QED) is 0.751. The molecule has 0 saturated carbocycles. The molecule has 1 fully saturated rings. The average molecular weight is 384 g/mol. The van der Waals surface area contributed by atoms with Crippen LogP contribution in [0.5, 0.6) is 0 Å². The Morgan fingerprint density at radius 2 is 1.86 bits per heavy atom. The fraction of sp³-hybridized carbons (Fsp3) is 0.500. The van der Waals surface area contributed by atoms with Gasteiger partial charge in [-0.05, 0) is 38.3 Å². The van der Waals surface area contributed by atoms with E-state index in [2.05, 4.69) is 25.7 Å². The summed E-state index contributed by atoms with van der Waals surface area (Å²) in [5.74, 6) is -0.128. The summed E-state index contributed by atoms with van der Waals surface area (Å²) >= 11 is 0. The summed E-state index contributed by atoms with van der Waals surface area (Å²) in [6.45, 7) is 6.55.